The molecule has 1 aliphatic carbocycles. The summed E-state index contributed by atoms with van der Waals surface area (Å²) in [6.07, 6.45) is 5.01. The standard InChI is InChI=1S/C12H22F2N2/c13-11(14)12(15)7-4-8-16(9-12)10-5-2-1-3-6-10/h10-11H,1-9,15H2. The Labute approximate surface area is 96.2 Å². The zero-order chi connectivity index (χ0) is 11.6. The van der Waals surface area contributed by atoms with Gasteiger partial charge in [-0.25, -0.2) is 8.78 Å². The highest BCUT2D eigenvalue weighted by Gasteiger charge is 2.41. The van der Waals surface area contributed by atoms with Crippen molar-refractivity contribution in [3.05, 3.63) is 0 Å². The number of hydrogen-bond acceptors (Lipinski definition) is 2. The minimum Gasteiger partial charge on any atom is -0.319 e. The maximum absolute atomic E-state index is 12.9. The predicted molar refractivity (Wildman–Crippen MR) is 60.6 cm³/mol. The molecule has 1 aliphatic heterocycles. The Kier molecular flexibility index (Phi) is 3.80. The van der Waals surface area contributed by atoms with E-state index in [1.807, 2.05) is 0 Å². The zero-order valence-electron chi connectivity index (χ0n) is 9.80. The average Bonchev–Trinajstić information content (AvgIpc) is 2.30. The van der Waals surface area contributed by atoms with Crippen LogP contribution < -0.4 is 5.73 Å². The summed E-state index contributed by atoms with van der Waals surface area (Å²) < 4.78 is 25.8. The number of nitrogens with zero attached hydrogens (tertiary/aromatic N) is 1. The average molecular weight is 232 g/mol. The van der Waals surface area contributed by atoms with Gasteiger partial charge in [0.05, 0.1) is 5.54 Å². The molecule has 2 fully saturated rings. The van der Waals surface area contributed by atoms with Gasteiger partial charge in [-0.3, -0.25) is 4.90 Å². The minimum absolute atomic E-state index is 0.384. The summed E-state index contributed by atoms with van der Waals surface area (Å²) in [5, 5.41) is 0. The third-order valence-corrected chi connectivity index (χ3v) is 4.11. The van der Waals surface area contributed by atoms with Crippen molar-refractivity contribution in [2.75, 3.05) is 13.1 Å². The molecule has 0 aromatic carbocycles. The van der Waals surface area contributed by atoms with Crippen LogP contribution in [0.25, 0.3) is 0 Å². The first-order chi connectivity index (χ1) is 7.62. The highest BCUT2D eigenvalue weighted by atomic mass is 19.3. The highest BCUT2D eigenvalue weighted by molar-refractivity contribution is 4.95. The molecule has 16 heavy (non-hydrogen) atoms. The number of likely N-dealkylation sites (tertiary alicyclic amines) is 1. The van der Waals surface area contributed by atoms with Gasteiger partial charge in [-0.05, 0) is 32.2 Å². The molecule has 94 valence electrons. The Balaban J connectivity index is 1.95. The summed E-state index contributed by atoms with van der Waals surface area (Å²) in [6, 6.07) is 0.510. The van der Waals surface area contributed by atoms with Gasteiger partial charge < -0.3 is 5.73 Å². The van der Waals surface area contributed by atoms with Crippen molar-refractivity contribution in [3.63, 3.8) is 0 Å². The Bertz CT molecular complexity index is 229. The van der Waals surface area contributed by atoms with Crippen LogP contribution >= 0.6 is 0 Å². The van der Waals surface area contributed by atoms with Crippen molar-refractivity contribution in [2.45, 2.75) is 63.0 Å². The van der Waals surface area contributed by atoms with Gasteiger partial charge >= 0.3 is 0 Å². The second-order valence-electron chi connectivity index (χ2n) is 5.40. The van der Waals surface area contributed by atoms with Gasteiger partial charge in [-0.15, -0.1) is 0 Å². The lowest BCUT2D eigenvalue weighted by Crippen LogP contribution is -2.60. The Morgan fingerprint density at radius 3 is 2.44 bits per heavy atom. The largest absolute Gasteiger partial charge is 0.319 e. The van der Waals surface area contributed by atoms with Crippen LogP contribution in [-0.4, -0.2) is 36.0 Å². The van der Waals surface area contributed by atoms with E-state index in [0.29, 0.717) is 19.0 Å². The van der Waals surface area contributed by atoms with E-state index in [-0.39, 0.29) is 0 Å². The summed E-state index contributed by atoms with van der Waals surface area (Å²) in [5.41, 5.74) is 4.55. The van der Waals surface area contributed by atoms with Crippen molar-refractivity contribution in [1.82, 2.24) is 4.90 Å². The number of piperidine rings is 1. The fourth-order valence-corrected chi connectivity index (χ4v) is 3.08. The first kappa shape index (κ1) is 12.2. The van der Waals surface area contributed by atoms with Gasteiger partial charge in [0.25, 0.3) is 6.43 Å². The van der Waals surface area contributed by atoms with Crippen molar-refractivity contribution >= 4 is 0 Å². The maximum Gasteiger partial charge on any atom is 0.257 e. The van der Waals surface area contributed by atoms with E-state index in [2.05, 4.69) is 4.90 Å². The second kappa shape index (κ2) is 4.96. The zero-order valence-corrected chi connectivity index (χ0v) is 9.80. The smallest absolute Gasteiger partial charge is 0.257 e. The quantitative estimate of drug-likeness (QED) is 0.792. The van der Waals surface area contributed by atoms with Crippen LogP contribution in [0.4, 0.5) is 8.78 Å². The van der Waals surface area contributed by atoms with Gasteiger partial charge in [0, 0.05) is 12.6 Å². The monoisotopic (exact) mass is 232 g/mol. The van der Waals surface area contributed by atoms with Crippen LogP contribution in [0.1, 0.15) is 44.9 Å². The van der Waals surface area contributed by atoms with E-state index in [1.165, 1.54) is 32.1 Å². The van der Waals surface area contributed by atoms with Crippen LogP contribution in [0.15, 0.2) is 0 Å². The second-order valence-corrected chi connectivity index (χ2v) is 5.40. The SMILES string of the molecule is NC1(C(F)F)CCCN(C2CCCCC2)C1. The topological polar surface area (TPSA) is 29.3 Å². The molecule has 0 bridgehead atoms. The highest BCUT2D eigenvalue weighted by Crippen LogP contribution is 2.30. The lowest BCUT2D eigenvalue weighted by atomic mass is 9.86. The van der Waals surface area contributed by atoms with E-state index in [1.54, 1.807) is 0 Å². The van der Waals surface area contributed by atoms with E-state index < -0.39 is 12.0 Å². The third-order valence-electron chi connectivity index (χ3n) is 4.11. The van der Waals surface area contributed by atoms with Gasteiger partial charge in [0.2, 0.25) is 0 Å². The van der Waals surface area contributed by atoms with E-state index in [4.69, 9.17) is 5.73 Å². The number of hydrogen-bond donors (Lipinski definition) is 1. The van der Waals surface area contributed by atoms with E-state index >= 15 is 0 Å². The molecule has 2 aliphatic rings. The van der Waals surface area contributed by atoms with Crippen molar-refractivity contribution in [2.24, 2.45) is 5.73 Å². The molecule has 1 unspecified atom stereocenters. The van der Waals surface area contributed by atoms with Crippen molar-refractivity contribution in [1.29, 1.82) is 0 Å². The molecule has 0 aromatic heterocycles. The Morgan fingerprint density at radius 1 is 1.12 bits per heavy atom. The van der Waals surface area contributed by atoms with Crippen LogP contribution in [0.3, 0.4) is 0 Å². The van der Waals surface area contributed by atoms with Gasteiger partial charge in [0.15, 0.2) is 0 Å². The molecule has 0 amide bonds. The molecule has 0 aromatic rings. The Hall–Kier alpha value is -0.220. The molecule has 1 saturated heterocycles. The maximum atomic E-state index is 12.9. The normalized spacial score (nSPS) is 34.5. The molecule has 1 saturated carbocycles. The lowest BCUT2D eigenvalue weighted by molar-refractivity contribution is -0.0124. The molecular weight excluding hydrogens is 210 g/mol. The number of nitrogens with two attached hydrogens (primary N) is 1. The van der Waals surface area contributed by atoms with Crippen molar-refractivity contribution < 1.29 is 8.78 Å². The van der Waals surface area contributed by atoms with E-state index in [0.717, 1.165) is 13.0 Å². The molecule has 2 N–H and O–H groups in total. The lowest BCUT2D eigenvalue weighted by Gasteiger charge is -2.44. The molecule has 1 heterocycles. The van der Waals surface area contributed by atoms with Gasteiger partial charge in [-0.2, -0.15) is 0 Å². The molecule has 2 nitrogen and oxygen atoms in total. The van der Waals surface area contributed by atoms with Crippen LogP contribution in [-0.2, 0) is 0 Å². The fourth-order valence-electron chi connectivity index (χ4n) is 3.08. The summed E-state index contributed by atoms with van der Waals surface area (Å²) in [7, 11) is 0. The molecule has 2 rings (SSSR count). The predicted octanol–water partition coefficient (Wildman–Crippen LogP) is 2.38. The van der Waals surface area contributed by atoms with Crippen LogP contribution in [0, 0.1) is 0 Å². The summed E-state index contributed by atoms with van der Waals surface area (Å²) in [4.78, 5) is 2.22. The molecular formula is C12H22F2N2. The van der Waals surface area contributed by atoms with Gasteiger partial charge in [-0.1, -0.05) is 19.3 Å². The number of alkyl halides is 2. The summed E-state index contributed by atoms with van der Waals surface area (Å²) in [5.74, 6) is 0. The Morgan fingerprint density at radius 2 is 1.81 bits per heavy atom. The number of halogens is 2. The third kappa shape index (κ3) is 2.54. The minimum atomic E-state index is -2.39. The summed E-state index contributed by atoms with van der Waals surface area (Å²) >= 11 is 0. The summed E-state index contributed by atoms with van der Waals surface area (Å²) in [6.45, 7) is 1.34. The molecule has 0 radical (unpaired) electrons. The van der Waals surface area contributed by atoms with E-state index in [9.17, 15) is 8.78 Å². The molecule has 4 heteroatoms. The van der Waals surface area contributed by atoms with Crippen LogP contribution in [0.2, 0.25) is 0 Å². The van der Waals surface area contributed by atoms with Gasteiger partial charge in [0.1, 0.15) is 0 Å². The van der Waals surface area contributed by atoms with Crippen LogP contribution in [0.5, 0.6) is 0 Å². The number of rotatable bonds is 2. The van der Waals surface area contributed by atoms with Crippen molar-refractivity contribution in [3.8, 4) is 0 Å². The first-order valence-corrected chi connectivity index (χ1v) is 6.43. The molecule has 0 spiro atoms. The first-order valence-electron chi connectivity index (χ1n) is 6.43. The molecule has 1 atom stereocenters. The fraction of sp³-hybridized carbons (Fsp3) is 1.00.